The Balaban J connectivity index is 2.30. The van der Waals surface area contributed by atoms with Crippen LogP contribution < -0.4 is 10.9 Å². The molecule has 0 bridgehead atoms. The van der Waals surface area contributed by atoms with Crippen LogP contribution in [0.5, 0.6) is 5.75 Å². The Kier molecular flexibility index (Phi) is 1.93. The summed E-state index contributed by atoms with van der Waals surface area (Å²) >= 11 is 0. The van der Waals surface area contributed by atoms with Crippen molar-refractivity contribution in [2.75, 3.05) is 0 Å². The van der Waals surface area contributed by atoms with E-state index in [0.29, 0.717) is 6.42 Å². The van der Waals surface area contributed by atoms with Crippen molar-refractivity contribution in [1.82, 2.24) is 0 Å². The summed E-state index contributed by atoms with van der Waals surface area (Å²) in [6.45, 7) is 0. The molecule has 0 aromatic heterocycles. The second kappa shape index (κ2) is 3.10. The van der Waals surface area contributed by atoms with Crippen molar-refractivity contribution < 1.29 is 5.11 Å². The lowest BCUT2D eigenvalue weighted by Crippen LogP contribution is -2.34. The lowest BCUT2D eigenvalue weighted by molar-refractivity contribution is 0.455. The van der Waals surface area contributed by atoms with Crippen LogP contribution >= 0.6 is 0 Å². The first-order chi connectivity index (χ1) is 6.70. The molecule has 0 amide bonds. The van der Waals surface area contributed by atoms with Gasteiger partial charge in [-0.3, -0.25) is 9.59 Å². The molecule has 0 fully saturated rings. The van der Waals surface area contributed by atoms with Crippen LogP contribution in [0.3, 0.4) is 0 Å². The van der Waals surface area contributed by atoms with E-state index >= 15 is 0 Å². The SMILES string of the molecule is O=c1c(O)c(Cc2ccccc2)c1=O. The summed E-state index contributed by atoms with van der Waals surface area (Å²) in [6, 6.07) is 9.24. The number of benzene rings is 1. The van der Waals surface area contributed by atoms with E-state index in [-0.39, 0.29) is 11.3 Å². The molecule has 3 nitrogen and oxygen atoms in total. The summed E-state index contributed by atoms with van der Waals surface area (Å²) in [6.07, 6.45) is 0.331. The van der Waals surface area contributed by atoms with E-state index in [1.54, 1.807) is 0 Å². The van der Waals surface area contributed by atoms with Gasteiger partial charge in [0.2, 0.25) is 5.43 Å². The average Bonchev–Trinajstić information content (AvgIpc) is 2.26. The number of hydrogen-bond acceptors (Lipinski definition) is 3. The molecule has 0 aliphatic carbocycles. The van der Waals surface area contributed by atoms with Crippen molar-refractivity contribution >= 4 is 0 Å². The van der Waals surface area contributed by atoms with E-state index in [4.69, 9.17) is 5.11 Å². The molecule has 0 unspecified atom stereocenters. The van der Waals surface area contributed by atoms with E-state index < -0.39 is 10.9 Å². The van der Waals surface area contributed by atoms with Gasteiger partial charge in [0.05, 0.1) is 5.56 Å². The highest BCUT2D eigenvalue weighted by Gasteiger charge is 2.19. The van der Waals surface area contributed by atoms with E-state index in [9.17, 15) is 9.59 Å². The minimum absolute atomic E-state index is 0.223. The van der Waals surface area contributed by atoms with Crippen LogP contribution in [0.2, 0.25) is 0 Å². The smallest absolute Gasteiger partial charge is 0.267 e. The van der Waals surface area contributed by atoms with Crippen LogP contribution in [0, 0.1) is 0 Å². The molecule has 0 aliphatic rings. The predicted octanol–water partition coefficient (Wildman–Crippen LogP) is 0.579. The highest BCUT2D eigenvalue weighted by molar-refractivity contribution is 5.41. The Morgan fingerprint density at radius 1 is 1.00 bits per heavy atom. The summed E-state index contributed by atoms with van der Waals surface area (Å²) < 4.78 is 0. The summed E-state index contributed by atoms with van der Waals surface area (Å²) in [7, 11) is 0. The molecule has 0 radical (unpaired) electrons. The number of hydrogen-bond donors (Lipinski definition) is 1. The van der Waals surface area contributed by atoms with Crippen LogP contribution in [0.4, 0.5) is 0 Å². The first-order valence-corrected chi connectivity index (χ1v) is 4.25. The van der Waals surface area contributed by atoms with E-state index in [2.05, 4.69) is 0 Å². The van der Waals surface area contributed by atoms with Gasteiger partial charge in [-0.25, -0.2) is 0 Å². The summed E-state index contributed by atoms with van der Waals surface area (Å²) in [5.74, 6) is -0.376. The van der Waals surface area contributed by atoms with E-state index in [1.165, 1.54) is 0 Å². The molecule has 0 heterocycles. The predicted molar refractivity (Wildman–Crippen MR) is 52.3 cm³/mol. The van der Waals surface area contributed by atoms with E-state index in [1.807, 2.05) is 30.3 Å². The zero-order chi connectivity index (χ0) is 10.1. The Morgan fingerprint density at radius 2 is 1.64 bits per heavy atom. The summed E-state index contributed by atoms with van der Waals surface area (Å²) in [5, 5.41) is 9.12. The van der Waals surface area contributed by atoms with E-state index in [0.717, 1.165) is 5.56 Å². The third-order valence-electron chi connectivity index (χ3n) is 2.20. The van der Waals surface area contributed by atoms with Gasteiger partial charge in [-0.15, -0.1) is 0 Å². The molecule has 0 saturated carbocycles. The van der Waals surface area contributed by atoms with Crippen LogP contribution in [0.15, 0.2) is 39.9 Å². The average molecular weight is 188 g/mol. The largest absolute Gasteiger partial charge is 0.504 e. The molecule has 2 aromatic carbocycles. The maximum Gasteiger partial charge on any atom is 0.267 e. The fraction of sp³-hybridized carbons (Fsp3) is 0.0909. The van der Waals surface area contributed by atoms with Gasteiger partial charge in [-0.1, -0.05) is 30.3 Å². The normalized spacial score (nSPS) is 10.6. The minimum atomic E-state index is -0.768. The van der Waals surface area contributed by atoms with Gasteiger partial charge in [0, 0.05) is 6.42 Å². The van der Waals surface area contributed by atoms with Gasteiger partial charge in [0.1, 0.15) is 0 Å². The van der Waals surface area contributed by atoms with Gasteiger partial charge in [-0.2, -0.15) is 0 Å². The lowest BCUT2D eigenvalue weighted by atomic mass is 10.0. The van der Waals surface area contributed by atoms with Crippen molar-refractivity contribution in [2.24, 2.45) is 0 Å². The number of rotatable bonds is 2. The Bertz CT molecular complexity index is 519. The first-order valence-electron chi connectivity index (χ1n) is 4.25. The van der Waals surface area contributed by atoms with Crippen molar-refractivity contribution in [3.63, 3.8) is 0 Å². The molecular formula is C11H8O3. The molecular weight excluding hydrogens is 180 g/mol. The molecule has 1 N–H and O–H groups in total. The quantitative estimate of drug-likeness (QED) is 0.701. The zero-order valence-corrected chi connectivity index (χ0v) is 7.36. The molecule has 70 valence electrons. The molecule has 2 aromatic rings. The van der Waals surface area contributed by atoms with Gasteiger partial charge < -0.3 is 5.11 Å². The maximum atomic E-state index is 11.0. The highest BCUT2D eigenvalue weighted by Crippen LogP contribution is 2.13. The van der Waals surface area contributed by atoms with Gasteiger partial charge in [-0.05, 0) is 5.56 Å². The summed E-state index contributed by atoms with van der Waals surface area (Å²) in [4.78, 5) is 21.7. The number of aromatic hydroxyl groups is 1. The zero-order valence-electron chi connectivity index (χ0n) is 7.36. The molecule has 14 heavy (non-hydrogen) atoms. The fourth-order valence-electron chi connectivity index (χ4n) is 1.39. The fourth-order valence-corrected chi connectivity index (χ4v) is 1.39. The molecule has 2 rings (SSSR count). The monoisotopic (exact) mass is 188 g/mol. The van der Waals surface area contributed by atoms with Crippen molar-refractivity contribution in [3.05, 3.63) is 61.9 Å². The molecule has 0 aliphatic heterocycles. The second-order valence-corrected chi connectivity index (χ2v) is 3.15. The maximum absolute atomic E-state index is 11.0. The minimum Gasteiger partial charge on any atom is -0.504 e. The van der Waals surface area contributed by atoms with Gasteiger partial charge in [0.15, 0.2) is 5.75 Å². The molecule has 0 saturated heterocycles. The van der Waals surface area contributed by atoms with Crippen LogP contribution in [-0.4, -0.2) is 5.11 Å². The molecule has 0 spiro atoms. The third-order valence-corrected chi connectivity index (χ3v) is 2.20. The lowest BCUT2D eigenvalue weighted by Gasteiger charge is -2.04. The van der Waals surface area contributed by atoms with Crippen molar-refractivity contribution in [1.29, 1.82) is 0 Å². The van der Waals surface area contributed by atoms with Crippen LogP contribution in [0.1, 0.15) is 11.1 Å². The van der Waals surface area contributed by atoms with Crippen molar-refractivity contribution in [3.8, 4) is 5.75 Å². The standard InChI is InChI=1S/C11H8O3/c12-9-8(10(13)11(9)14)6-7-4-2-1-3-5-7/h1-5,12H,6H2. The second-order valence-electron chi connectivity index (χ2n) is 3.15. The highest BCUT2D eigenvalue weighted by atomic mass is 16.3. The van der Waals surface area contributed by atoms with Gasteiger partial charge >= 0.3 is 0 Å². The molecule has 3 heteroatoms. The molecule has 0 atom stereocenters. The van der Waals surface area contributed by atoms with Gasteiger partial charge in [0.25, 0.3) is 5.43 Å². The Hall–Kier alpha value is -1.90. The topological polar surface area (TPSA) is 54.4 Å². The Labute approximate surface area is 79.9 Å². The third kappa shape index (κ3) is 1.23. The Morgan fingerprint density at radius 3 is 2.21 bits per heavy atom. The van der Waals surface area contributed by atoms with Crippen molar-refractivity contribution in [2.45, 2.75) is 6.42 Å². The first kappa shape index (κ1) is 8.69. The van der Waals surface area contributed by atoms with Crippen LogP contribution in [0.25, 0.3) is 0 Å². The summed E-state index contributed by atoms with van der Waals surface area (Å²) in [5.41, 5.74) is -0.196. The van der Waals surface area contributed by atoms with Crippen LogP contribution in [-0.2, 0) is 6.42 Å².